The molecule has 1 saturated heterocycles. The summed E-state index contributed by atoms with van der Waals surface area (Å²) >= 11 is 0. The number of aliphatic hydroxyl groups is 1. The van der Waals surface area contributed by atoms with Gasteiger partial charge in [0.15, 0.2) is 0 Å². The van der Waals surface area contributed by atoms with E-state index in [2.05, 4.69) is 10.5 Å². The molecule has 1 aliphatic carbocycles. The molecule has 2 fully saturated rings. The molecule has 7 heteroatoms. The van der Waals surface area contributed by atoms with Gasteiger partial charge >= 0.3 is 0 Å². The molecule has 21 heavy (non-hydrogen) atoms. The molecular formula is C14H20N2O5. The van der Waals surface area contributed by atoms with Gasteiger partial charge in [-0.15, -0.1) is 0 Å². The van der Waals surface area contributed by atoms with Crippen LogP contribution < -0.4 is 10.1 Å². The van der Waals surface area contributed by atoms with Gasteiger partial charge < -0.3 is 24.4 Å². The van der Waals surface area contributed by atoms with Crippen LogP contribution in [0.2, 0.25) is 0 Å². The summed E-state index contributed by atoms with van der Waals surface area (Å²) in [7, 11) is 0. The third-order valence-corrected chi connectivity index (χ3v) is 4.55. The van der Waals surface area contributed by atoms with Crippen LogP contribution in [0.5, 0.6) is 5.88 Å². The fourth-order valence-corrected chi connectivity index (χ4v) is 3.21. The van der Waals surface area contributed by atoms with Crippen LogP contribution >= 0.6 is 0 Å². The smallest absolute Gasteiger partial charge is 0.290 e. The molecule has 1 saturated carbocycles. The van der Waals surface area contributed by atoms with E-state index in [-0.39, 0.29) is 29.2 Å². The maximum atomic E-state index is 12.2. The number of hydrogen-bond acceptors (Lipinski definition) is 6. The molecule has 2 atom stereocenters. The lowest BCUT2D eigenvalue weighted by Gasteiger charge is -2.55. The zero-order valence-electron chi connectivity index (χ0n) is 12.0. The fourth-order valence-electron chi connectivity index (χ4n) is 3.21. The molecule has 2 aliphatic rings. The maximum absolute atomic E-state index is 12.2. The fraction of sp³-hybridized carbons (Fsp3) is 0.714. The van der Waals surface area contributed by atoms with Gasteiger partial charge in [0.25, 0.3) is 11.8 Å². The number of nitrogens with zero attached hydrogens (tertiary/aromatic N) is 1. The second-order valence-corrected chi connectivity index (χ2v) is 5.59. The minimum atomic E-state index is -0.375. The van der Waals surface area contributed by atoms with Crippen molar-refractivity contribution in [3.8, 4) is 5.88 Å². The van der Waals surface area contributed by atoms with E-state index in [0.717, 1.165) is 12.8 Å². The van der Waals surface area contributed by atoms with E-state index in [0.29, 0.717) is 32.1 Å². The summed E-state index contributed by atoms with van der Waals surface area (Å²) in [5, 5.41) is 16.7. The lowest BCUT2D eigenvalue weighted by atomic mass is 9.58. The summed E-state index contributed by atoms with van der Waals surface area (Å²) in [6, 6.07) is 1.43. The summed E-state index contributed by atoms with van der Waals surface area (Å²) in [5.41, 5.74) is -0.253. The van der Waals surface area contributed by atoms with Crippen LogP contribution in [-0.2, 0) is 4.74 Å². The van der Waals surface area contributed by atoms with Crippen LogP contribution in [-0.4, -0.2) is 48.1 Å². The predicted molar refractivity (Wildman–Crippen MR) is 72.0 cm³/mol. The van der Waals surface area contributed by atoms with Crippen molar-refractivity contribution >= 4 is 5.91 Å². The highest BCUT2D eigenvalue weighted by atomic mass is 16.5. The highest BCUT2D eigenvalue weighted by molar-refractivity contribution is 5.92. The molecule has 1 aliphatic heterocycles. The Bertz CT molecular complexity index is 509. The molecule has 1 amide bonds. The second kappa shape index (κ2) is 5.65. The van der Waals surface area contributed by atoms with E-state index >= 15 is 0 Å². The first kappa shape index (κ1) is 14.3. The summed E-state index contributed by atoms with van der Waals surface area (Å²) in [4.78, 5) is 12.2. The van der Waals surface area contributed by atoms with Gasteiger partial charge in [-0.1, -0.05) is 0 Å². The second-order valence-electron chi connectivity index (χ2n) is 5.59. The standard InChI is InChI=1S/C14H20N2O5/c1-2-20-12-7-9(21-16-12)13(18)15-10-8-11(17)14(10)3-5-19-6-4-14/h7,10-11,17H,2-6,8H2,1H3,(H,15,18)/t10-,11-/m1/s1. The average molecular weight is 296 g/mol. The van der Waals surface area contributed by atoms with Crippen molar-refractivity contribution in [2.45, 2.75) is 38.3 Å². The number of aliphatic hydroxyl groups excluding tert-OH is 1. The van der Waals surface area contributed by atoms with E-state index in [9.17, 15) is 9.90 Å². The number of nitrogens with one attached hydrogen (secondary N) is 1. The molecule has 116 valence electrons. The predicted octanol–water partition coefficient (Wildman–Crippen LogP) is 0.733. The molecule has 7 nitrogen and oxygen atoms in total. The molecule has 0 unspecified atom stereocenters. The number of rotatable bonds is 4. The van der Waals surface area contributed by atoms with Crippen LogP contribution in [0.25, 0.3) is 0 Å². The van der Waals surface area contributed by atoms with Gasteiger partial charge in [0, 0.05) is 24.7 Å². The van der Waals surface area contributed by atoms with Crippen molar-refractivity contribution in [1.82, 2.24) is 10.5 Å². The number of ether oxygens (including phenoxy) is 2. The summed E-state index contributed by atoms with van der Waals surface area (Å²) in [6.45, 7) is 3.55. The quantitative estimate of drug-likeness (QED) is 0.851. The first-order valence-corrected chi connectivity index (χ1v) is 7.32. The first-order valence-electron chi connectivity index (χ1n) is 7.32. The van der Waals surface area contributed by atoms with Gasteiger partial charge in [0.05, 0.1) is 18.8 Å². The Hall–Kier alpha value is -1.60. The molecule has 1 aromatic heterocycles. The van der Waals surface area contributed by atoms with Crippen LogP contribution in [0.4, 0.5) is 0 Å². The minimum absolute atomic E-state index is 0.0513. The monoisotopic (exact) mass is 296 g/mol. The largest absolute Gasteiger partial charge is 0.476 e. The van der Waals surface area contributed by atoms with E-state index in [1.165, 1.54) is 6.07 Å². The molecule has 3 rings (SSSR count). The van der Waals surface area contributed by atoms with Gasteiger partial charge in [0.2, 0.25) is 5.76 Å². The maximum Gasteiger partial charge on any atom is 0.290 e. The molecule has 1 aromatic rings. The van der Waals surface area contributed by atoms with Gasteiger partial charge in [-0.05, 0) is 31.3 Å². The van der Waals surface area contributed by atoms with Crippen LogP contribution in [0.1, 0.15) is 36.7 Å². The summed E-state index contributed by atoms with van der Waals surface area (Å²) < 4.78 is 15.5. The van der Waals surface area contributed by atoms with Crippen LogP contribution in [0.3, 0.4) is 0 Å². The Labute approximate surface area is 122 Å². The van der Waals surface area contributed by atoms with Gasteiger partial charge in [-0.2, -0.15) is 0 Å². The lowest BCUT2D eigenvalue weighted by molar-refractivity contribution is -0.145. The SMILES string of the molecule is CCOc1cc(C(=O)N[C@@H]2C[C@@H](O)C23CCOCC3)on1. The minimum Gasteiger partial charge on any atom is -0.476 e. The number of aromatic nitrogens is 1. The van der Waals surface area contributed by atoms with Crippen LogP contribution in [0, 0.1) is 5.41 Å². The van der Waals surface area contributed by atoms with Gasteiger partial charge in [-0.25, -0.2) is 0 Å². The zero-order chi connectivity index (χ0) is 14.9. The lowest BCUT2D eigenvalue weighted by Crippen LogP contribution is -2.65. The summed E-state index contributed by atoms with van der Waals surface area (Å²) in [5.74, 6) is 0.107. The first-order chi connectivity index (χ1) is 10.2. The Balaban J connectivity index is 1.64. The molecule has 0 bridgehead atoms. The average Bonchev–Trinajstić information content (AvgIpc) is 2.97. The van der Waals surface area contributed by atoms with Crippen molar-refractivity contribution in [2.75, 3.05) is 19.8 Å². The third-order valence-electron chi connectivity index (χ3n) is 4.55. The van der Waals surface area contributed by atoms with E-state index in [4.69, 9.17) is 14.0 Å². The molecule has 1 spiro atoms. The number of carbonyl (C=O) groups excluding carboxylic acids is 1. The highest BCUT2D eigenvalue weighted by Gasteiger charge is 2.55. The third kappa shape index (κ3) is 2.51. The molecular weight excluding hydrogens is 276 g/mol. The Morgan fingerprint density at radius 3 is 3.00 bits per heavy atom. The molecule has 2 N–H and O–H groups in total. The topological polar surface area (TPSA) is 93.8 Å². The highest BCUT2D eigenvalue weighted by Crippen LogP contribution is 2.49. The van der Waals surface area contributed by atoms with Gasteiger partial charge in [0.1, 0.15) is 0 Å². The molecule has 2 heterocycles. The van der Waals surface area contributed by atoms with Crippen molar-refractivity contribution in [1.29, 1.82) is 0 Å². The Kier molecular flexibility index (Phi) is 3.86. The van der Waals surface area contributed by atoms with E-state index in [1.807, 2.05) is 6.92 Å². The van der Waals surface area contributed by atoms with Crippen molar-refractivity contribution in [3.05, 3.63) is 11.8 Å². The zero-order valence-corrected chi connectivity index (χ0v) is 12.0. The summed E-state index contributed by atoms with van der Waals surface area (Å²) in [6.07, 6.45) is 1.72. The molecule has 0 aromatic carbocycles. The van der Waals surface area contributed by atoms with Crippen molar-refractivity contribution < 1.29 is 23.9 Å². The Morgan fingerprint density at radius 1 is 1.57 bits per heavy atom. The number of amides is 1. The van der Waals surface area contributed by atoms with Gasteiger partial charge in [-0.3, -0.25) is 4.79 Å². The number of carbonyl (C=O) groups is 1. The van der Waals surface area contributed by atoms with E-state index < -0.39 is 0 Å². The van der Waals surface area contributed by atoms with Crippen molar-refractivity contribution in [3.63, 3.8) is 0 Å². The van der Waals surface area contributed by atoms with Crippen molar-refractivity contribution in [2.24, 2.45) is 5.41 Å². The van der Waals surface area contributed by atoms with Crippen LogP contribution in [0.15, 0.2) is 10.6 Å². The Morgan fingerprint density at radius 2 is 2.33 bits per heavy atom. The normalized spacial score (nSPS) is 27.1. The number of hydrogen-bond donors (Lipinski definition) is 2. The van der Waals surface area contributed by atoms with E-state index in [1.54, 1.807) is 0 Å². The molecule has 0 radical (unpaired) electrons.